The minimum absolute atomic E-state index is 0.723. The van der Waals surface area contributed by atoms with Gasteiger partial charge in [0, 0.05) is 11.3 Å². The summed E-state index contributed by atoms with van der Waals surface area (Å²) in [6, 6.07) is 0. The third-order valence-corrected chi connectivity index (χ3v) is 3.57. The molecule has 0 unspecified atom stereocenters. The van der Waals surface area contributed by atoms with Gasteiger partial charge in [0.25, 0.3) is 0 Å². The Kier molecular flexibility index (Phi) is 2.65. The van der Waals surface area contributed by atoms with E-state index in [1.54, 1.807) is 11.3 Å². The summed E-state index contributed by atoms with van der Waals surface area (Å²) < 4.78 is 0. The predicted octanol–water partition coefficient (Wildman–Crippen LogP) is 2.26. The smallest absolute Gasteiger partial charge is 0.0897 e. The lowest BCUT2D eigenvalue weighted by Crippen LogP contribution is -2.29. The zero-order valence-corrected chi connectivity index (χ0v) is 9.10. The highest BCUT2D eigenvalue weighted by Gasteiger charge is 2.19. The number of thiazole rings is 1. The van der Waals surface area contributed by atoms with Crippen LogP contribution in [0, 0.1) is 6.92 Å². The molecule has 0 radical (unpaired) electrons. The summed E-state index contributed by atoms with van der Waals surface area (Å²) in [5.41, 5.74) is 1.33. The third-order valence-electron chi connectivity index (χ3n) is 2.77. The molecule has 3 heteroatoms. The fraction of sp³-hybridized carbons (Fsp3) is 0.700. The molecule has 0 aromatic carbocycles. The molecule has 0 saturated carbocycles. The molecule has 0 N–H and O–H groups in total. The van der Waals surface area contributed by atoms with E-state index in [2.05, 4.69) is 29.2 Å². The second-order valence-corrected chi connectivity index (χ2v) is 4.93. The first-order chi connectivity index (χ1) is 6.25. The van der Waals surface area contributed by atoms with Crippen molar-refractivity contribution in [2.45, 2.75) is 25.7 Å². The second-order valence-electron chi connectivity index (χ2n) is 3.87. The molecule has 1 aliphatic heterocycles. The quantitative estimate of drug-likeness (QED) is 0.685. The van der Waals surface area contributed by atoms with E-state index in [4.69, 9.17) is 0 Å². The number of piperidine rings is 1. The number of rotatable bonds is 1. The lowest BCUT2D eigenvalue weighted by molar-refractivity contribution is 0.253. The van der Waals surface area contributed by atoms with Crippen LogP contribution in [0.2, 0.25) is 0 Å². The summed E-state index contributed by atoms with van der Waals surface area (Å²) in [6.07, 6.45) is 2.55. The average Bonchev–Trinajstić information content (AvgIpc) is 2.53. The van der Waals surface area contributed by atoms with Gasteiger partial charge >= 0.3 is 0 Å². The van der Waals surface area contributed by atoms with E-state index < -0.39 is 0 Å². The zero-order chi connectivity index (χ0) is 9.26. The van der Waals surface area contributed by atoms with Gasteiger partial charge in [-0.25, -0.2) is 4.98 Å². The summed E-state index contributed by atoms with van der Waals surface area (Å²) in [5.74, 6) is 0.723. The van der Waals surface area contributed by atoms with Crippen LogP contribution in [-0.2, 0) is 0 Å². The highest BCUT2D eigenvalue weighted by molar-refractivity contribution is 7.09. The molecule has 2 rings (SSSR count). The molecule has 0 aliphatic carbocycles. The normalized spacial score (nSPS) is 20.8. The minimum Gasteiger partial charge on any atom is -0.306 e. The first-order valence-electron chi connectivity index (χ1n) is 4.86. The molecule has 0 amide bonds. The fourth-order valence-corrected chi connectivity index (χ4v) is 2.57. The number of hydrogen-bond acceptors (Lipinski definition) is 3. The molecule has 72 valence electrons. The van der Waals surface area contributed by atoms with E-state index >= 15 is 0 Å². The van der Waals surface area contributed by atoms with Crippen LogP contribution in [0.25, 0.3) is 0 Å². The maximum Gasteiger partial charge on any atom is 0.0897 e. The van der Waals surface area contributed by atoms with Crippen LogP contribution < -0.4 is 0 Å². The molecule has 2 heterocycles. The minimum atomic E-state index is 0.723. The van der Waals surface area contributed by atoms with Crippen LogP contribution in [-0.4, -0.2) is 30.0 Å². The maximum atomic E-state index is 4.56. The van der Waals surface area contributed by atoms with Crippen LogP contribution in [0.15, 0.2) is 5.38 Å². The van der Waals surface area contributed by atoms with Crippen molar-refractivity contribution in [3.8, 4) is 0 Å². The van der Waals surface area contributed by atoms with Gasteiger partial charge in [-0.1, -0.05) is 0 Å². The number of likely N-dealkylation sites (tertiary alicyclic amines) is 1. The Balaban J connectivity index is 2.02. The van der Waals surface area contributed by atoms with Crippen molar-refractivity contribution < 1.29 is 0 Å². The Labute approximate surface area is 83.6 Å². The Bertz CT molecular complexity index is 274. The van der Waals surface area contributed by atoms with Gasteiger partial charge in [-0.15, -0.1) is 11.3 Å². The molecule has 1 saturated heterocycles. The van der Waals surface area contributed by atoms with Gasteiger partial charge in [0.15, 0.2) is 0 Å². The van der Waals surface area contributed by atoms with Crippen LogP contribution in [0.1, 0.15) is 29.5 Å². The number of aromatic nitrogens is 1. The van der Waals surface area contributed by atoms with Gasteiger partial charge in [-0.3, -0.25) is 0 Å². The molecule has 1 aromatic heterocycles. The predicted molar refractivity (Wildman–Crippen MR) is 56.3 cm³/mol. The molecule has 1 aromatic rings. The largest absolute Gasteiger partial charge is 0.306 e. The molecule has 1 fully saturated rings. The Morgan fingerprint density at radius 2 is 2.15 bits per heavy atom. The van der Waals surface area contributed by atoms with Crippen LogP contribution in [0.3, 0.4) is 0 Å². The zero-order valence-electron chi connectivity index (χ0n) is 8.29. The van der Waals surface area contributed by atoms with Crippen molar-refractivity contribution in [2.75, 3.05) is 20.1 Å². The van der Waals surface area contributed by atoms with Crippen molar-refractivity contribution >= 4 is 11.3 Å². The van der Waals surface area contributed by atoms with E-state index in [0.717, 1.165) is 5.92 Å². The highest BCUT2D eigenvalue weighted by atomic mass is 32.1. The molecule has 1 aliphatic rings. The molecule has 13 heavy (non-hydrogen) atoms. The Hall–Kier alpha value is -0.410. The monoisotopic (exact) mass is 196 g/mol. The average molecular weight is 196 g/mol. The van der Waals surface area contributed by atoms with E-state index in [9.17, 15) is 0 Å². The number of aryl methyl sites for hydroxylation is 1. The van der Waals surface area contributed by atoms with E-state index in [1.165, 1.54) is 36.6 Å². The van der Waals surface area contributed by atoms with Gasteiger partial charge in [-0.2, -0.15) is 0 Å². The summed E-state index contributed by atoms with van der Waals surface area (Å²) >= 11 is 1.77. The summed E-state index contributed by atoms with van der Waals surface area (Å²) in [5, 5.41) is 3.43. The standard InChI is InChI=1S/C10H16N2S/c1-8-11-10(7-13-8)9-3-5-12(2)6-4-9/h7,9H,3-6H2,1-2H3. The SMILES string of the molecule is Cc1nc(C2CCN(C)CC2)cs1. The van der Waals surface area contributed by atoms with Gasteiger partial charge in [0.2, 0.25) is 0 Å². The summed E-state index contributed by atoms with van der Waals surface area (Å²) in [6.45, 7) is 4.53. The number of hydrogen-bond donors (Lipinski definition) is 0. The highest BCUT2D eigenvalue weighted by Crippen LogP contribution is 2.27. The van der Waals surface area contributed by atoms with E-state index in [1.807, 2.05) is 0 Å². The molecule has 0 bridgehead atoms. The molecule has 0 atom stereocenters. The van der Waals surface area contributed by atoms with Crippen molar-refractivity contribution in [2.24, 2.45) is 0 Å². The van der Waals surface area contributed by atoms with E-state index in [-0.39, 0.29) is 0 Å². The summed E-state index contributed by atoms with van der Waals surface area (Å²) in [7, 11) is 2.20. The van der Waals surface area contributed by atoms with E-state index in [0.29, 0.717) is 0 Å². The van der Waals surface area contributed by atoms with Crippen molar-refractivity contribution in [1.29, 1.82) is 0 Å². The van der Waals surface area contributed by atoms with Gasteiger partial charge in [0.05, 0.1) is 10.7 Å². The molecular formula is C10H16N2S. The summed E-state index contributed by atoms with van der Waals surface area (Å²) in [4.78, 5) is 6.96. The Morgan fingerprint density at radius 3 is 2.69 bits per heavy atom. The molecule has 0 spiro atoms. The lowest BCUT2D eigenvalue weighted by Gasteiger charge is -2.27. The number of nitrogens with zero attached hydrogens (tertiary/aromatic N) is 2. The maximum absolute atomic E-state index is 4.56. The van der Waals surface area contributed by atoms with Crippen LogP contribution in [0.4, 0.5) is 0 Å². The third kappa shape index (κ3) is 2.09. The van der Waals surface area contributed by atoms with Gasteiger partial charge in [0.1, 0.15) is 0 Å². The molecular weight excluding hydrogens is 180 g/mol. The molecule has 2 nitrogen and oxygen atoms in total. The van der Waals surface area contributed by atoms with Crippen LogP contribution in [0.5, 0.6) is 0 Å². The Morgan fingerprint density at radius 1 is 1.46 bits per heavy atom. The second kappa shape index (κ2) is 3.76. The van der Waals surface area contributed by atoms with Gasteiger partial charge < -0.3 is 4.90 Å². The topological polar surface area (TPSA) is 16.1 Å². The lowest BCUT2D eigenvalue weighted by atomic mass is 9.95. The first-order valence-corrected chi connectivity index (χ1v) is 5.74. The van der Waals surface area contributed by atoms with Crippen LogP contribution >= 0.6 is 11.3 Å². The van der Waals surface area contributed by atoms with Crippen molar-refractivity contribution in [3.63, 3.8) is 0 Å². The van der Waals surface area contributed by atoms with Crippen molar-refractivity contribution in [1.82, 2.24) is 9.88 Å². The van der Waals surface area contributed by atoms with Gasteiger partial charge in [-0.05, 0) is 39.9 Å². The van der Waals surface area contributed by atoms with Crippen molar-refractivity contribution in [3.05, 3.63) is 16.1 Å². The first kappa shape index (κ1) is 9.16. The fourth-order valence-electron chi connectivity index (χ4n) is 1.87.